The molecule has 3 unspecified atom stereocenters. The fraction of sp³-hybridized carbons (Fsp3) is 0.650. The van der Waals surface area contributed by atoms with Gasteiger partial charge in [-0.05, 0) is 61.7 Å². The van der Waals surface area contributed by atoms with Crippen LogP contribution in [0.2, 0.25) is 0 Å². The van der Waals surface area contributed by atoms with Crippen LogP contribution in [0.4, 0.5) is 0 Å². The molecule has 1 aliphatic heterocycles. The number of carbonyl (C=O) groups is 1. The molecule has 2 aliphatic carbocycles. The first kappa shape index (κ1) is 16.2. The highest BCUT2D eigenvalue weighted by Crippen LogP contribution is 2.48. The second-order valence-electron chi connectivity index (χ2n) is 7.82. The maximum absolute atomic E-state index is 13.0. The molecule has 24 heavy (non-hydrogen) atoms. The Labute approximate surface area is 144 Å². The largest absolute Gasteiger partial charge is 0.377 e. The number of Topliss-reactive ketones (excluding diaryl/α,β-unsaturated/α-hetero) is 1. The van der Waals surface area contributed by atoms with Crippen LogP contribution in [-0.4, -0.2) is 37.1 Å². The van der Waals surface area contributed by atoms with Crippen molar-refractivity contribution in [2.45, 2.75) is 31.3 Å². The van der Waals surface area contributed by atoms with Crippen LogP contribution in [0.3, 0.4) is 0 Å². The third-order valence-corrected chi connectivity index (χ3v) is 6.52. The monoisotopic (exact) mass is 328 g/mol. The van der Waals surface area contributed by atoms with Gasteiger partial charge in [0.25, 0.3) is 0 Å². The van der Waals surface area contributed by atoms with Gasteiger partial charge in [-0.25, -0.2) is 0 Å². The lowest BCUT2D eigenvalue weighted by Gasteiger charge is -2.33. The number of rotatable bonds is 7. The second-order valence-corrected chi connectivity index (χ2v) is 7.82. The van der Waals surface area contributed by atoms with Crippen molar-refractivity contribution in [3.63, 3.8) is 0 Å². The molecule has 1 aromatic rings. The Balaban J connectivity index is 1.41. The summed E-state index contributed by atoms with van der Waals surface area (Å²) in [7, 11) is 0. The predicted octanol–water partition coefficient (Wildman–Crippen LogP) is 1.69. The minimum atomic E-state index is -1.33. The summed E-state index contributed by atoms with van der Waals surface area (Å²) in [5.41, 5.74) is -0.567. The van der Waals surface area contributed by atoms with E-state index in [0.717, 1.165) is 68.6 Å². The van der Waals surface area contributed by atoms with Crippen molar-refractivity contribution in [1.82, 2.24) is 10.6 Å². The molecule has 3 aliphatic rings. The molecule has 3 atom stereocenters. The van der Waals surface area contributed by atoms with Crippen molar-refractivity contribution in [2.75, 3.05) is 26.2 Å². The van der Waals surface area contributed by atoms with Crippen LogP contribution in [-0.2, 0) is 10.4 Å². The fourth-order valence-electron chi connectivity index (χ4n) is 5.00. The summed E-state index contributed by atoms with van der Waals surface area (Å²) < 4.78 is 0. The number of piperidine rings is 1. The molecule has 1 aromatic carbocycles. The Hall–Kier alpha value is -1.23. The minimum Gasteiger partial charge on any atom is -0.377 e. The highest BCUT2D eigenvalue weighted by atomic mass is 16.3. The summed E-state index contributed by atoms with van der Waals surface area (Å²) in [5, 5.41) is 18.1. The zero-order chi connectivity index (χ0) is 16.6. The Bertz CT molecular complexity index is 575. The van der Waals surface area contributed by atoms with Crippen molar-refractivity contribution in [2.24, 2.45) is 23.7 Å². The number of benzene rings is 1. The van der Waals surface area contributed by atoms with Crippen molar-refractivity contribution in [3.05, 3.63) is 35.9 Å². The van der Waals surface area contributed by atoms with Crippen LogP contribution in [0.15, 0.2) is 30.3 Å². The quantitative estimate of drug-likeness (QED) is 0.713. The Morgan fingerprint density at radius 1 is 1.17 bits per heavy atom. The van der Waals surface area contributed by atoms with Crippen LogP contribution < -0.4 is 10.6 Å². The number of fused-ring (bicyclic) bond motifs is 1. The van der Waals surface area contributed by atoms with Gasteiger partial charge < -0.3 is 15.7 Å². The average Bonchev–Trinajstić information content (AvgIpc) is 3.07. The van der Waals surface area contributed by atoms with E-state index in [4.69, 9.17) is 0 Å². The molecule has 4 heteroatoms. The van der Waals surface area contributed by atoms with E-state index >= 15 is 0 Å². The molecule has 1 heterocycles. The fourth-order valence-corrected chi connectivity index (χ4v) is 5.00. The molecule has 130 valence electrons. The van der Waals surface area contributed by atoms with E-state index in [1.165, 1.54) is 0 Å². The van der Waals surface area contributed by atoms with E-state index in [2.05, 4.69) is 10.6 Å². The number of ketones is 1. The first-order chi connectivity index (χ1) is 11.7. The SMILES string of the molecule is O=C(CNCC1C2CNCC12)C(O)(c1ccccc1)C1CCCC1. The molecule has 3 N–H and O–H groups in total. The van der Waals surface area contributed by atoms with Gasteiger partial charge in [0.15, 0.2) is 11.4 Å². The topological polar surface area (TPSA) is 61.4 Å². The normalized spacial score (nSPS) is 31.6. The molecule has 0 spiro atoms. The lowest BCUT2D eigenvalue weighted by atomic mass is 9.77. The van der Waals surface area contributed by atoms with Gasteiger partial charge >= 0.3 is 0 Å². The molecule has 4 rings (SSSR count). The molecule has 1 saturated heterocycles. The number of hydrogen-bond donors (Lipinski definition) is 3. The van der Waals surface area contributed by atoms with Crippen molar-refractivity contribution < 1.29 is 9.90 Å². The molecule has 3 fully saturated rings. The van der Waals surface area contributed by atoms with Gasteiger partial charge in [-0.1, -0.05) is 43.2 Å². The lowest BCUT2D eigenvalue weighted by molar-refractivity contribution is -0.144. The number of carbonyl (C=O) groups excluding carboxylic acids is 1. The third-order valence-electron chi connectivity index (χ3n) is 6.52. The number of hydrogen-bond acceptors (Lipinski definition) is 4. The summed E-state index contributed by atoms with van der Waals surface area (Å²) in [6, 6.07) is 9.55. The summed E-state index contributed by atoms with van der Waals surface area (Å²) in [5.74, 6) is 2.31. The number of nitrogens with one attached hydrogen (secondary N) is 2. The maximum Gasteiger partial charge on any atom is 0.182 e. The first-order valence-electron chi connectivity index (χ1n) is 9.44. The molecule has 0 aromatic heterocycles. The van der Waals surface area contributed by atoms with Crippen molar-refractivity contribution >= 4 is 5.78 Å². The zero-order valence-electron chi connectivity index (χ0n) is 14.2. The maximum atomic E-state index is 13.0. The van der Waals surface area contributed by atoms with Gasteiger partial charge in [-0.15, -0.1) is 0 Å². The second kappa shape index (κ2) is 6.58. The van der Waals surface area contributed by atoms with Gasteiger partial charge in [0, 0.05) is 0 Å². The molecule has 0 radical (unpaired) electrons. The van der Waals surface area contributed by atoms with Gasteiger partial charge in [-0.3, -0.25) is 4.79 Å². The van der Waals surface area contributed by atoms with E-state index in [-0.39, 0.29) is 18.2 Å². The Morgan fingerprint density at radius 3 is 2.50 bits per heavy atom. The van der Waals surface area contributed by atoms with Gasteiger partial charge in [0.1, 0.15) is 0 Å². The van der Waals surface area contributed by atoms with E-state index in [1.54, 1.807) is 0 Å². The number of aliphatic hydroxyl groups is 1. The Kier molecular flexibility index (Phi) is 4.46. The summed E-state index contributed by atoms with van der Waals surface area (Å²) in [4.78, 5) is 13.0. The predicted molar refractivity (Wildman–Crippen MR) is 93.5 cm³/mol. The van der Waals surface area contributed by atoms with Crippen LogP contribution in [0, 0.1) is 23.7 Å². The summed E-state index contributed by atoms with van der Waals surface area (Å²) in [6.07, 6.45) is 4.10. The van der Waals surface area contributed by atoms with Gasteiger partial charge in [-0.2, -0.15) is 0 Å². The molecule has 2 saturated carbocycles. The van der Waals surface area contributed by atoms with E-state index in [0.29, 0.717) is 0 Å². The third kappa shape index (κ3) is 2.81. The summed E-state index contributed by atoms with van der Waals surface area (Å²) >= 11 is 0. The van der Waals surface area contributed by atoms with Crippen molar-refractivity contribution in [3.8, 4) is 0 Å². The van der Waals surface area contributed by atoms with E-state index in [1.807, 2.05) is 30.3 Å². The van der Waals surface area contributed by atoms with Crippen LogP contribution >= 0.6 is 0 Å². The molecule has 0 bridgehead atoms. The summed E-state index contributed by atoms with van der Waals surface area (Å²) in [6.45, 7) is 3.42. The van der Waals surface area contributed by atoms with E-state index in [9.17, 15) is 9.90 Å². The Morgan fingerprint density at radius 2 is 1.83 bits per heavy atom. The van der Waals surface area contributed by atoms with E-state index < -0.39 is 5.60 Å². The molecule has 4 nitrogen and oxygen atoms in total. The standard InChI is InChI=1S/C20H28N2O2/c23-19(13-22-12-18-16-10-21-11-17(16)18)20(24,15-8-4-5-9-15)14-6-2-1-3-7-14/h1-3,6-7,15-18,21-22,24H,4-5,8-13H2. The lowest BCUT2D eigenvalue weighted by Crippen LogP contribution is -2.47. The minimum absolute atomic E-state index is 0.0544. The first-order valence-corrected chi connectivity index (χ1v) is 9.44. The van der Waals surface area contributed by atoms with Gasteiger partial charge in [0.05, 0.1) is 6.54 Å². The zero-order valence-corrected chi connectivity index (χ0v) is 14.2. The van der Waals surface area contributed by atoms with Crippen molar-refractivity contribution in [1.29, 1.82) is 0 Å². The van der Waals surface area contributed by atoms with Gasteiger partial charge in [0.2, 0.25) is 0 Å². The average molecular weight is 328 g/mol. The van der Waals surface area contributed by atoms with Crippen LogP contribution in [0.1, 0.15) is 31.2 Å². The van der Waals surface area contributed by atoms with Crippen LogP contribution in [0.5, 0.6) is 0 Å². The van der Waals surface area contributed by atoms with Crippen LogP contribution in [0.25, 0.3) is 0 Å². The smallest absolute Gasteiger partial charge is 0.182 e. The molecular weight excluding hydrogens is 300 g/mol. The molecule has 0 amide bonds. The highest BCUT2D eigenvalue weighted by Gasteiger charge is 2.52. The highest BCUT2D eigenvalue weighted by molar-refractivity contribution is 5.90. The molecular formula is C20H28N2O2.